The predicted octanol–water partition coefficient (Wildman–Crippen LogP) is 25.7. The minimum Gasteiger partial charge on any atom is -0.455 e. The molecule has 14 aromatic carbocycles. The summed E-state index contributed by atoms with van der Waals surface area (Å²) in [5, 5.41) is 4.08. The van der Waals surface area contributed by atoms with Crippen molar-refractivity contribution in [3.63, 3.8) is 0 Å². The van der Waals surface area contributed by atoms with Gasteiger partial charge >= 0.3 is 0 Å². The number of hydrogen-bond acceptors (Lipinski definition) is 4. The topological polar surface area (TPSA) is 32.8 Å². The van der Waals surface area contributed by atoms with E-state index in [9.17, 15) is 0 Å². The molecule has 0 spiro atoms. The smallest absolute Gasteiger partial charge is 0.160 e. The average molecular weight is 1220 g/mol. The van der Waals surface area contributed by atoms with Crippen LogP contribution in [0.25, 0.3) is 99.5 Å². The zero-order valence-electron chi connectivity index (χ0n) is 53.5. The molecule has 4 heteroatoms. The maximum Gasteiger partial charge on any atom is 0.160 e. The molecule has 0 bridgehead atoms. The molecule has 0 saturated heterocycles. The Labute approximate surface area is 554 Å². The minimum absolute atomic E-state index is 0.324. The molecule has 17 rings (SSSR count). The number of hydrogen-bond donors (Lipinski definition) is 0. The maximum atomic E-state index is 7.77. The van der Waals surface area contributed by atoms with E-state index in [4.69, 9.17) is 8.83 Å². The van der Waals surface area contributed by atoms with Gasteiger partial charge in [0.25, 0.3) is 0 Å². The van der Waals surface area contributed by atoms with Crippen LogP contribution in [0.1, 0.15) is 72.9 Å². The molecule has 4 nitrogen and oxygen atoms in total. The van der Waals surface area contributed by atoms with E-state index in [0.29, 0.717) is 11.8 Å². The van der Waals surface area contributed by atoms with Crippen LogP contribution >= 0.6 is 0 Å². The van der Waals surface area contributed by atoms with Crippen LogP contribution in [0.4, 0.5) is 34.1 Å². The summed E-state index contributed by atoms with van der Waals surface area (Å²) >= 11 is 0. The highest BCUT2D eigenvalue weighted by Gasteiger charge is 2.51. The third kappa shape index (κ3) is 9.50. The zero-order valence-corrected chi connectivity index (χ0v) is 53.5. The summed E-state index contributed by atoms with van der Waals surface area (Å²) in [6.07, 6.45) is 0. The first-order valence-electron chi connectivity index (χ1n) is 33.2. The van der Waals surface area contributed by atoms with E-state index in [1.54, 1.807) is 0 Å². The van der Waals surface area contributed by atoms with Crippen molar-refractivity contribution in [2.45, 2.75) is 44.9 Å². The second-order valence-corrected chi connectivity index (χ2v) is 25.8. The molecule has 1 aliphatic rings. The molecule has 1 aliphatic carbocycles. The summed E-state index contributed by atoms with van der Waals surface area (Å²) < 4.78 is 15.4. The van der Waals surface area contributed by atoms with Gasteiger partial charge in [-0.1, -0.05) is 295 Å². The molecule has 0 radical (unpaired) electrons. The third-order valence-corrected chi connectivity index (χ3v) is 19.7. The lowest BCUT2D eigenvalue weighted by Crippen LogP contribution is -2.29. The van der Waals surface area contributed by atoms with Crippen LogP contribution in [-0.2, 0) is 5.41 Å². The van der Waals surface area contributed by atoms with E-state index in [2.05, 4.69) is 365 Å². The summed E-state index contributed by atoms with van der Waals surface area (Å²) in [5.41, 5.74) is 26.2. The lowest BCUT2D eigenvalue weighted by Gasteiger charge is -2.36. The Hall–Kier alpha value is -11.7. The molecule has 2 aromatic heterocycles. The Balaban J connectivity index is 1.06. The number of para-hydroxylation sites is 2. The molecule has 0 unspecified atom stereocenters. The van der Waals surface area contributed by atoms with Crippen LogP contribution in [0.15, 0.2) is 336 Å². The van der Waals surface area contributed by atoms with Gasteiger partial charge in [0.05, 0.1) is 33.6 Å². The molecular formula is C91H68N2O2. The molecule has 0 fully saturated rings. The Morgan fingerprint density at radius 2 is 0.653 bits per heavy atom. The van der Waals surface area contributed by atoms with Crippen molar-refractivity contribution in [3.05, 3.63) is 361 Å². The summed E-state index contributed by atoms with van der Waals surface area (Å²) in [7, 11) is 0. The number of benzene rings is 14. The quantitative estimate of drug-likeness (QED) is 0.109. The van der Waals surface area contributed by atoms with E-state index in [1.165, 1.54) is 11.1 Å². The molecule has 0 atom stereocenters. The lowest BCUT2D eigenvalue weighted by molar-refractivity contribution is 0.668. The van der Waals surface area contributed by atoms with Gasteiger partial charge in [-0.05, 0) is 139 Å². The van der Waals surface area contributed by atoms with Crippen LogP contribution in [0.3, 0.4) is 0 Å². The number of rotatable bonds is 14. The summed E-state index contributed by atoms with van der Waals surface area (Å²) in [5.74, 6) is 0.651. The van der Waals surface area contributed by atoms with Crippen molar-refractivity contribution in [3.8, 4) is 55.6 Å². The van der Waals surface area contributed by atoms with Gasteiger partial charge in [0.15, 0.2) is 5.58 Å². The molecule has 2 heterocycles. The Kier molecular flexibility index (Phi) is 14.1. The summed E-state index contributed by atoms with van der Waals surface area (Å²) in [4.78, 5) is 5.03. The average Bonchev–Trinajstić information content (AvgIpc) is 1.50. The Morgan fingerprint density at radius 3 is 1.11 bits per heavy atom. The van der Waals surface area contributed by atoms with Crippen molar-refractivity contribution in [1.82, 2.24) is 0 Å². The highest BCUT2D eigenvalue weighted by atomic mass is 16.3. The predicted molar refractivity (Wildman–Crippen MR) is 398 cm³/mol. The molecule has 16 aromatic rings. The van der Waals surface area contributed by atoms with E-state index in [0.717, 1.165) is 156 Å². The monoisotopic (exact) mass is 1220 g/mol. The van der Waals surface area contributed by atoms with Crippen LogP contribution in [-0.4, -0.2) is 0 Å². The molecular weight excluding hydrogens is 1150 g/mol. The van der Waals surface area contributed by atoms with E-state index < -0.39 is 5.41 Å². The van der Waals surface area contributed by atoms with Crippen molar-refractivity contribution in [1.29, 1.82) is 0 Å². The van der Waals surface area contributed by atoms with E-state index >= 15 is 0 Å². The van der Waals surface area contributed by atoms with Gasteiger partial charge in [0.1, 0.15) is 16.7 Å². The van der Waals surface area contributed by atoms with Gasteiger partial charge in [-0.2, -0.15) is 0 Å². The van der Waals surface area contributed by atoms with E-state index in [-0.39, 0.29) is 0 Å². The number of nitrogens with zero attached hydrogens (tertiary/aromatic N) is 2. The number of fused-ring (bicyclic) bond motifs is 11. The first-order valence-corrected chi connectivity index (χ1v) is 33.2. The minimum atomic E-state index is -0.987. The van der Waals surface area contributed by atoms with Gasteiger partial charge in [-0.15, -0.1) is 0 Å². The second kappa shape index (κ2) is 23.4. The summed E-state index contributed by atoms with van der Waals surface area (Å²) in [6.45, 7) is 9.07. The van der Waals surface area contributed by atoms with Crippen molar-refractivity contribution in [2.75, 3.05) is 9.80 Å². The maximum absolute atomic E-state index is 7.77. The van der Waals surface area contributed by atoms with Gasteiger partial charge < -0.3 is 18.6 Å². The fourth-order valence-corrected chi connectivity index (χ4v) is 15.1. The number of furan rings is 2. The standard InChI is InChI=1S/C91H68N2O2/c1-59(2)61-43-49-71(50-44-61)92(79-55-67(63-27-11-5-12-28-63)47-53-73(79)65-31-15-7-16-32-65)81-57-78-88(90-85(81)75-39-23-25-41-83(75)95-90)87-77(91(78,69-35-19-9-20-36-69)70-37-21-10-22-38-70)58-82(89-86(87)76-40-24-26-42-84(76)94-89)93(72-51-45-62(46-52-72)60(3)4)80-56-68(64-29-13-6-14-30-64)48-54-74(80)66-33-17-8-18-34-66/h5-60H,1-4H3. The highest BCUT2D eigenvalue weighted by Crippen LogP contribution is 2.65. The Bertz CT molecular complexity index is 5460. The molecule has 0 amide bonds. The van der Waals surface area contributed by atoms with Gasteiger partial charge in [-0.3, -0.25) is 0 Å². The SMILES string of the molecule is CC(C)c1ccc(N(c2cc(-c3ccccc3)ccc2-c2ccccc2)c2cc3c(c4c2oc2ccccc24)-c2c(cc(N(c4ccc(C(C)C)cc4)c4cc(-c5ccccc5)ccc4-c4ccccc4)c4c2oc2ccccc24)C3(c2ccccc2)c2ccccc2)cc1. The fraction of sp³-hybridized carbons (Fsp3) is 0.0769. The van der Waals surface area contributed by atoms with Crippen LogP contribution in [0, 0.1) is 0 Å². The third-order valence-electron chi connectivity index (χ3n) is 19.7. The highest BCUT2D eigenvalue weighted by molar-refractivity contribution is 6.26. The number of anilines is 6. The molecule has 95 heavy (non-hydrogen) atoms. The fourth-order valence-electron chi connectivity index (χ4n) is 15.1. The normalized spacial score (nSPS) is 12.5. The zero-order chi connectivity index (χ0) is 63.7. The summed E-state index contributed by atoms with van der Waals surface area (Å²) in [6, 6.07) is 120. The second-order valence-electron chi connectivity index (χ2n) is 25.8. The van der Waals surface area contributed by atoms with Crippen LogP contribution < -0.4 is 9.80 Å². The largest absolute Gasteiger partial charge is 0.455 e. The lowest BCUT2D eigenvalue weighted by atomic mass is 9.67. The molecule has 0 aliphatic heterocycles. The first-order chi connectivity index (χ1) is 46.8. The van der Waals surface area contributed by atoms with Crippen LogP contribution in [0.2, 0.25) is 0 Å². The van der Waals surface area contributed by atoms with E-state index in [1.807, 2.05) is 0 Å². The molecule has 454 valence electrons. The van der Waals surface area contributed by atoms with Crippen LogP contribution in [0.5, 0.6) is 0 Å². The van der Waals surface area contributed by atoms with Gasteiger partial charge in [-0.25, -0.2) is 0 Å². The van der Waals surface area contributed by atoms with Gasteiger partial charge in [0.2, 0.25) is 0 Å². The van der Waals surface area contributed by atoms with Crippen molar-refractivity contribution >= 4 is 78.0 Å². The van der Waals surface area contributed by atoms with Gasteiger partial charge in [0, 0.05) is 49.8 Å². The van der Waals surface area contributed by atoms with Crippen molar-refractivity contribution < 1.29 is 8.83 Å². The molecule has 0 N–H and O–H groups in total. The molecule has 0 saturated carbocycles. The van der Waals surface area contributed by atoms with Crippen molar-refractivity contribution in [2.24, 2.45) is 0 Å². The Morgan fingerprint density at radius 1 is 0.284 bits per heavy atom. The first kappa shape index (κ1) is 57.2.